The molecule has 1 fully saturated rings. The second-order valence-corrected chi connectivity index (χ2v) is 9.57. The molecule has 3 aromatic rings. The van der Waals surface area contributed by atoms with Crippen LogP contribution in [0.1, 0.15) is 35.5 Å². The molecule has 0 radical (unpaired) electrons. The monoisotopic (exact) mass is 517 g/mol. The van der Waals surface area contributed by atoms with Crippen molar-refractivity contribution < 1.29 is 19.1 Å². The number of rotatable bonds is 5. The number of benzene rings is 2. The van der Waals surface area contributed by atoms with E-state index in [1.54, 1.807) is 48.5 Å². The van der Waals surface area contributed by atoms with Crippen molar-refractivity contribution in [2.24, 2.45) is 11.1 Å². The summed E-state index contributed by atoms with van der Waals surface area (Å²) in [6.07, 6.45) is 4.00. The van der Waals surface area contributed by atoms with Gasteiger partial charge in [0.2, 0.25) is 5.91 Å². The Kier molecular flexibility index (Phi) is 9.25. The second-order valence-electron chi connectivity index (χ2n) is 9.18. The quantitative estimate of drug-likeness (QED) is 0.373. The van der Waals surface area contributed by atoms with Gasteiger partial charge >= 0.3 is 0 Å². The minimum Gasteiger partial charge on any atom is -0.497 e. The molecule has 0 spiro atoms. The van der Waals surface area contributed by atoms with Gasteiger partial charge in [0.1, 0.15) is 5.75 Å². The number of Topliss-reactive ketones (excluding diaryl/α,β-unsaturated/α-hetero) is 1. The number of nitrogens with two attached hydrogens (primary N) is 1. The Morgan fingerprint density at radius 1 is 1.08 bits per heavy atom. The summed E-state index contributed by atoms with van der Waals surface area (Å²) in [7, 11) is 1.62. The first-order chi connectivity index (χ1) is 17.6. The van der Waals surface area contributed by atoms with Crippen molar-refractivity contribution in [2.45, 2.75) is 26.3 Å². The van der Waals surface area contributed by atoms with Crippen molar-refractivity contribution in [2.75, 3.05) is 13.7 Å². The maximum absolute atomic E-state index is 13.2. The molecule has 7 nitrogen and oxygen atoms in total. The largest absolute Gasteiger partial charge is 0.497 e. The Bertz CT molecular complexity index is 1260. The van der Waals surface area contributed by atoms with E-state index in [1.807, 2.05) is 62.4 Å². The first-order valence-electron chi connectivity index (χ1n) is 11.8. The van der Waals surface area contributed by atoms with Gasteiger partial charge in [-0.1, -0.05) is 62.9 Å². The summed E-state index contributed by atoms with van der Waals surface area (Å²) in [6, 6.07) is 21.7. The van der Waals surface area contributed by atoms with Crippen LogP contribution in [0.3, 0.4) is 0 Å². The van der Waals surface area contributed by atoms with E-state index >= 15 is 0 Å². The van der Waals surface area contributed by atoms with Crippen molar-refractivity contribution in [3.05, 3.63) is 101 Å². The van der Waals surface area contributed by atoms with Crippen LogP contribution in [0.5, 0.6) is 5.75 Å². The normalized spacial score (nSPS) is 17.5. The van der Waals surface area contributed by atoms with Gasteiger partial charge in [0.15, 0.2) is 5.78 Å². The van der Waals surface area contributed by atoms with Crippen molar-refractivity contribution >= 4 is 35.6 Å². The molecule has 2 N–H and O–H groups in total. The van der Waals surface area contributed by atoms with E-state index in [1.165, 1.54) is 0 Å². The summed E-state index contributed by atoms with van der Waals surface area (Å²) in [5, 5.41) is -0.342. The van der Waals surface area contributed by atoms with E-state index in [2.05, 4.69) is 17.6 Å². The maximum atomic E-state index is 13.2. The highest BCUT2D eigenvalue weighted by atomic mass is 32.1. The molecule has 2 amide bonds. The molecule has 0 saturated carbocycles. The van der Waals surface area contributed by atoms with Crippen LogP contribution < -0.4 is 10.5 Å². The number of hydrogen-bond donors (Lipinski definition) is 2. The first kappa shape index (κ1) is 27.7. The molecule has 8 heteroatoms. The van der Waals surface area contributed by atoms with Gasteiger partial charge in [-0.2, -0.15) is 0 Å². The third-order valence-electron chi connectivity index (χ3n) is 6.33. The highest BCUT2D eigenvalue weighted by molar-refractivity contribution is 7.96. The highest BCUT2D eigenvalue weighted by Crippen LogP contribution is 2.38. The number of nitrogens with zero attached hydrogens (tertiary/aromatic N) is 2. The molecule has 0 aliphatic carbocycles. The fourth-order valence-electron chi connectivity index (χ4n) is 4.22. The van der Waals surface area contributed by atoms with Gasteiger partial charge in [0, 0.05) is 28.8 Å². The van der Waals surface area contributed by atoms with Crippen LogP contribution in [0.15, 0.2) is 84.6 Å². The summed E-state index contributed by atoms with van der Waals surface area (Å²) in [4.78, 5) is 41.9. The van der Waals surface area contributed by atoms with Crippen LogP contribution in [0, 0.1) is 5.41 Å². The lowest BCUT2D eigenvalue weighted by molar-refractivity contribution is -0.128. The molecule has 1 aliphatic rings. The van der Waals surface area contributed by atoms with Gasteiger partial charge in [-0.25, -0.2) is 0 Å². The molecule has 4 rings (SSSR count). The van der Waals surface area contributed by atoms with Crippen LogP contribution in [0.25, 0.3) is 6.08 Å². The predicted octanol–water partition coefficient (Wildman–Crippen LogP) is 4.83. The first-order valence-corrected chi connectivity index (χ1v) is 12.2. The molecule has 37 heavy (non-hydrogen) atoms. The number of aromatic nitrogens is 1. The molecule has 2 aromatic carbocycles. The highest BCUT2D eigenvalue weighted by Gasteiger charge is 2.47. The Hall–Kier alpha value is -3.91. The number of hydrogen-bond acceptors (Lipinski definition) is 5. The molecular weight excluding hydrogens is 486 g/mol. The standard InChI is InChI=1S/C22H24N2O3S.C7H7NO/c1-22(2)19(12-15-7-9-18(27-3)10-8-15)24(21(26)28)14-16(20(22)25)13-17-6-4-5-11-23-17;8-7(9)6-4-2-1-3-5-6/h4-11,13,19H,12,14H2,1-3H3,(H,26,28);1-5H,(H2,8,9)/b16-13-;. The number of primary amides is 1. The van der Waals surface area contributed by atoms with Gasteiger partial charge in [-0.05, 0) is 54.5 Å². The molecule has 1 atom stereocenters. The van der Waals surface area contributed by atoms with E-state index in [0.29, 0.717) is 23.3 Å². The van der Waals surface area contributed by atoms with Crippen molar-refractivity contribution in [1.82, 2.24) is 9.88 Å². The minimum atomic E-state index is -0.753. The maximum Gasteiger partial charge on any atom is 0.279 e. The molecule has 1 unspecified atom stereocenters. The van der Waals surface area contributed by atoms with Crippen LogP contribution >= 0.6 is 12.6 Å². The molecule has 1 aliphatic heterocycles. The number of ketones is 1. The fourth-order valence-corrected chi connectivity index (χ4v) is 4.43. The lowest BCUT2D eigenvalue weighted by atomic mass is 9.71. The smallest absolute Gasteiger partial charge is 0.279 e. The third-order valence-corrected chi connectivity index (χ3v) is 6.59. The molecule has 0 bridgehead atoms. The topological polar surface area (TPSA) is 103 Å². The van der Waals surface area contributed by atoms with E-state index in [0.717, 1.165) is 11.3 Å². The Balaban J connectivity index is 0.000000356. The number of piperidine rings is 1. The summed E-state index contributed by atoms with van der Waals surface area (Å²) >= 11 is 4.09. The number of pyridine rings is 1. The van der Waals surface area contributed by atoms with Crippen LogP contribution in [0.2, 0.25) is 0 Å². The van der Waals surface area contributed by atoms with Gasteiger partial charge < -0.3 is 15.4 Å². The molecule has 2 heterocycles. The number of carbonyl (C=O) groups excluding carboxylic acids is 3. The number of likely N-dealkylation sites (tertiary alicyclic amines) is 1. The average Bonchev–Trinajstić information content (AvgIpc) is 2.90. The second kappa shape index (κ2) is 12.4. The Morgan fingerprint density at radius 2 is 1.73 bits per heavy atom. The van der Waals surface area contributed by atoms with Crippen LogP contribution in [-0.4, -0.2) is 46.5 Å². The number of methoxy groups -OCH3 is 1. The Labute approximate surface area is 222 Å². The molecule has 192 valence electrons. The van der Waals surface area contributed by atoms with Gasteiger partial charge in [0.25, 0.3) is 5.24 Å². The zero-order valence-corrected chi connectivity index (χ0v) is 22.0. The summed E-state index contributed by atoms with van der Waals surface area (Å²) in [5.41, 5.74) is 7.07. The summed E-state index contributed by atoms with van der Waals surface area (Å²) in [5.74, 6) is 0.420. The van der Waals surface area contributed by atoms with Gasteiger partial charge in [0.05, 0.1) is 19.3 Å². The SMILES string of the molecule is COc1ccc(CC2N(C(=O)S)C/C(=C/c3ccccn3)C(=O)C2(C)C)cc1.NC(=O)c1ccccc1. The average molecular weight is 518 g/mol. The molecular formula is C29H31N3O4S. The van der Waals surface area contributed by atoms with E-state index in [-0.39, 0.29) is 29.5 Å². The zero-order valence-electron chi connectivity index (χ0n) is 21.1. The zero-order chi connectivity index (χ0) is 27.0. The van der Waals surface area contributed by atoms with Crippen LogP contribution in [0.4, 0.5) is 4.79 Å². The predicted molar refractivity (Wildman–Crippen MR) is 148 cm³/mol. The van der Waals surface area contributed by atoms with Crippen molar-refractivity contribution in [3.63, 3.8) is 0 Å². The minimum absolute atomic E-state index is 0.0301. The van der Waals surface area contributed by atoms with E-state index in [9.17, 15) is 14.4 Å². The van der Waals surface area contributed by atoms with E-state index in [4.69, 9.17) is 10.5 Å². The lowest BCUT2D eigenvalue weighted by Crippen LogP contribution is -2.57. The van der Waals surface area contributed by atoms with Gasteiger partial charge in [-0.15, -0.1) is 0 Å². The lowest BCUT2D eigenvalue weighted by Gasteiger charge is -2.45. The number of ether oxygens (including phenoxy) is 1. The molecule has 1 aromatic heterocycles. The van der Waals surface area contributed by atoms with Gasteiger partial charge in [-0.3, -0.25) is 19.4 Å². The fraction of sp³-hybridized carbons (Fsp3) is 0.241. The number of carbonyl (C=O) groups is 3. The summed E-state index contributed by atoms with van der Waals surface area (Å²) < 4.78 is 5.20. The number of thiol groups is 1. The van der Waals surface area contributed by atoms with Crippen molar-refractivity contribution in [3.8, 4) is 5.75 Å². The third kappa shape index (κ3) is 7.07. The Morgan fingerprint density at radius 3 is 2.24 bits per heavy atom. The number of amides is 2. The summed E-state index contributed by atoms with van der Waals surface area (Å²) in [6.45, 7) is 4.00. The van der Waals surface area contributed by atoms with Crippen LogP contribution in [-0.2, 0) is 11.2 Å². The molecule has 1 saturated heterocycles. The van der Waals surface area contributed by atoms with Crippen molar-refractivity contribution in [1.29, 1.82) is 0 Å². The van der Waals surface area contributed by atoms with E-state index < -0.39 is 5.41 Å².